The summed E-state index contributed by atoms with van der Waals surface area (Å²) in [6, 6.07) is 7.81. The molecule has 0 fully saturated rings. The van der Waals surface area contributed by atoms with Gasteiger partial charge in [-0.3, -0.25) is 4.79 Å². The van der Waals surface area contributed by atoms with Crippen LogP contribution in [0.3, 0.4) is 0 Å². The average Bonchev–Trinajstić information content (AvgIpc) is 2.61. The van der Waals surface area contributed by atoms with E-state index in [4.69, 9.17) is 4.74 Å². The van der Waals surface area contributed by atoms with Gasteiger partial charge in [0.05, 0.1) is 5.92 Å². The van der Waals surface area contributed by atoms with Crippen molar-refractivity contribution in [2.24, 2.45) is 0 Å². The summed E-state index contributed by atoms with van der Waals surface area (Å²) in [7, 11) is 0. The zero-order valence-corrected chi connectivity index (χ0v) is 8.32. The van der Waals surface area contributed by atoms with E-state index < -0.39 is 0 Å². The number of benzene rings is 1. The minimum Gasteiger partial charge on any atom is -0.492 e. The normalized spacial score (nSPS) is 18.8. The highest BCUT2D eigenvalue weighted by Crippen LogP contribution is 2.34. The van der Waals surface area contributed by atoms with Gasteiger partial charge in [-0.1, -0.05) is 25.1 Å². The molecule has 74 valence electrons. The van der Waals surface area contributed by atoms with E-state index in [-0.39, 0.29) is 5.92 Å². The monoisotopic (exact) mass is 190 g/mol. The average molecular weight is 190 g/mol. The zero-order chi connectivity index (χ0) is 9.97. The van der Waals surface area contributed by atoms with Gasteiger partial charge in [-0.2, -0.15) is 0 Å². The molecule has 1 aromatic rings. The maximum atomic E-state index is 11.7. The number of fused-ring (bicyclic) bond motifs is 1. The minimum absolute atomic E-state index is 0.0221. The Morgan fingerprint density at radius 2 is 2.29 bits per heavy atom. The van der Waals surface area contributed by atoms with Crippen molar-refractivity contribution in [3.8, 4) is 5.75 Å². The molecule has 2 rings (SSSR count). The number of rotatable bonds is 3. The van der Waals surface area contributed by atoms with Crippen LogP contribution in [-0.2, 0) is 4.79 Å². The molecule has 2 heteroatoms. The summed E-state index contributed by atoms with van der Waals surface area (Å²) in [6.45, 7) is 2.55. The highest BCUT2D eigenvalue weighted by molar-refractivity contribution is 5.87. The van der Waals surface area contributed by atoms with Crippen molar-refractivity contribution in [1.29, 1.82) is 0 Å². The predicted octanol–water partition coefficient (Wildman–Crippen LogP) is 2.53. The van der Waals surface area contributed by atoms with E-state index in [2.05, 4.69) is 0 Å². The Kier molecular flexibility index (Phi) is 2.53. The van der Waals surface area contributed by atoms with Crippen LogP contribution in [-0.4, -0.2) is 12.4 Å². The summed E-state index contributed by atoms with van der Waals surface area (Å²) >= 11 is 0. The fourth-order valence-corrected chi connectivity index (χ4v) is 1.85. The molecule has 1 aliphatic rings. The molecule has 0 radical (unpaired) electrons. The van der Waals surface area contributed by atoms with E-state index >= 15 is 0 Å². The van der Waals surface area contributed by atoms with Crippen molar-refractivity contribution in [1.82, 2.24) is 0 Å². The van der Waals surface area contributed by atoms with Gasteiger partial charge in [0, 0.05) is 12.0 Å². The molecule has 0 saturated heterocycles. The molecule has 0 bridgehead atoms. The number of hydrogen-bond donors (Lipinski definition) is 0. The van der Waals surface area contributed by atoms with Crippen LogP contribution in [0.1, 0.15) is 31.2 Å². The molecular formula is C12H14O2. The van der Waals surface area contributed by atoms with Gasteiger partial charge in [0.1, 0.15) is 18.1 Å². The number of carbonyl (C=O) groups excluding carboxylic acids is 1. The number of carbonyl (C=O) groups is 1. The van der Waals surface area contributed by atoms with Crippen molar-refractivity contribution in [3.63, 3.8) is 0 Å². The van der Waals surface area contributed by atoms with Crippen LogP contribution in [0.5, 0.6) is 5.75 Å². The highest BCUT2D eigenvalue weighted by atomic mass is 16.5. The van der Waals surface area contributed by atoms with Crippen LogP contribution in [0, 0.1) is 0 Å². The first-order valence-corrected chi connectivity index (χ1v) is 5.07. The first kappa shape index (κ1) is 9.25. The van der Waals surface area contributed by atoms with Crippen LogP contribution in [0.15, 0.2) is 24.3 Å². The van der Waals surface area contributed by atoms with Gasteiger partial charge in [-0.25, -0.2) is 0 Å². The number of para-hydroxylation sites is 1. The van der Waals surface area contributed by atoms with Crippen LogP contribution < -0.4 is 4.74 Å². The van der Waals surface area contributed by atoms with E-state index in [9.17, 15) is 4.79 Å². The Morgan fingerprint density at radius 1 is 1.50 bits per heavy atom. The third kappa shape index (κ3) is 1.52. The van der Waals surface area contributed by atoms with Crippen LogP contribution >= 0.6 is 0 Å². The van der Waals surface area contributed by atoms with Gasteiger partial charge >= 0.3 is 0 Å². The molecule has 1 unspecified atom stereocenters. The lowest BCUT2D eigenvalue weighted by Gasteiger charge is -2.05. The summed E-state index contributed by atoms with van der Waals surface area (Å²) < 4.78 is 5.46. The summed E-state index contributed by atoms with van der Waals surface area (Å²) in [4.78, 5) is 11.7. The number of ether oxygens (including phenoxy) is 1. The summed E-state index contributed by atoms with van der Waals surface area (Å²) in [5, 5.41) is 0. The maximum absolute atomic E-state index is 11.7. The van der Waals surface area contributed by atoms with E-state index in [1.807, 2.05) is 31.2 Å². The maximum Gasteiger partial charge on any atom is 0.143 e. The summed E-state index contributed by atoms with van der Waals surface area (Å²) in [6.07, 6.45) is 1.57. The molecule has 1 atom stereocenters. The standard InChI is InChI=1S/C12H14O2/c1-2-5-11(13)10-8-14-12-7-4-3-6-9(10)12/h3-4,6-7,10H,2,5,8H2,1H3. The molecule has 0 aliphatic carbocycles. The second-order valence-electron chi connectivity index (χ2n) is 3.62. The van der Waals surface area contributed by atoms with Gasteiger partial charge in [0.2, 0.25) is 0 Å². The Balaban J connectivity index is 2.21. The topological polar surface area (TPSA) is 26.3 Å². The Morgan fingerprint density at radius 3 is 3.07 bits per heavy atom. The lowest BCUT2D eigenvalue weighted by molar-refractivity contribution is -0.120. The van der Waals surface area contributed by atoms with E-state index in [1.165, 1.54) is 0 Å². The van der Waals surface area contributed by atoms with E-state index in [1.54, 1.807) is 0 Å². The van der Waals surface area contributed by atoms with Gasteiger partial charge in [0.15, 0.2) is 0 Å². The molecule has 0 N–H and O–H groups in total. The van der Waals surface area contributed by atoms with Crippen LogP contribution in [0.2, 0.25) is 0 Å². The Labute approximate surface area is 83.9 Å². The van der Waals surface area contributed by atoms with Crippen molar-refractivity contribution >= 4 is 5.78 Å². The molecule has 0 saturated carbocycles. The van der Waals surface area contributed by atoms with Crippen LogP contribution in [0.4, 0.5) is 0 Å². The molecule has 1 aromatic carbocycles. The fourth-order valence-electron chi connectivity index (χ4n) is 1.85. The Hall–Kier alpha value is -1.31. The molecule has 14 heavy (non-hydrogen) atoms. The summed E-state index contributed by atoms with van der Waals surface area (Å²) in [5.74, 6) is 1.16. The second kappa shape index (κ2) is 3.82. The Bertz CT molecular complexity index is 344. The first-order valence-electron chi connectivity index (χ1n) is 5.07. The van der Waals surface area contributed by atoms with Gasteiger partial charge in [0.25, 0.3) is 0 Å². The van der Waals surface area contributed by atoms with Gasteiger partial charge < -0.3 is 4.74 Å². The largest absolute Gasteiger partial charge is 0.492 e. The quantitative estimate of drug-likeness (QED) is 0.732. The molecule has 1 aliphatic heterocycles. The lowest BCUT2D eigenvalue weighted by Crippen LogP contribution is -2.13. The van der Waals surface area contributed by atoms with Gasteiger partial charge in [-0.05, 0) is 12.5 Å². The smallest absolute Gasteiger partial charge is 0.143 e. The second-order valence-corrected chi connectivity index (χ2v) is 3.62. The van der Waals surface area contributed by atoms with Crippen molar-refractivity contribution in [3.05, 3.63) is 29.8 Å². The summed E-state index contributed by atoms with van der Waals surface area (Å²) in [5.41, 5.74) is 1.06. The minimum atomic E-state index is -0.0221. The predicted molar refractivity (Wildman–Crippen MR) is 54.6 cm³/mol. The van der Waals surface area contributed by atoms with Crippen molar-refractivity contribution in [2.45, 2.75) is 25.7 Å². The molecule has 0 amide bonds. The van der Waals surface area contributed by atoms with E-state index in [0.29, 0.717) is 18.8 Å². The molecule has 1 heterocycles. The highest BCUT2D eigenvalue weighted by Gasteiger charge is 2.28. The number of ketones is 1. The number of Topliss-reactive ketones (excluding diaryl/α,β-unsaturated/α-hetero) is 1. The molecular weight excluding hydrogens is 176 g/mol. The van der Waals surface area contributed by atoms with Crippen LogP contribution in [0.25, 0.3) is 0 Å². The van der Waals surface area contributed by atoms with Crippen molar-refractivity contribution < 1.29 is 9.53 Å². The number of hydrogen-bond acceptors (Lipinski definition) is 2. The SMILES string of the molecule is CCCC(=O)C1COc2ccccc21. The van der Waals surface area contributed by atoms with Crippen molar-refractivity contribution in [2.75, 3.05) is 6.61 Å². The van der Waals surface area contributed by atoms with E-state index in [0.717, 1.165) is 17.7 Å². The van der Waals surface area contributed by atoms with Gasteiger partial charge in [-0.15, -0.1) is 0 Å². The molecule has 0 spiro atoms. The molecule has 2 nitrogen and oxygen atoms in total. The fraction of sp³-hybridized carbons (Fsp3) is 0.417. The zero-order valence-electron chi connectivity index (χ0n) is 8.32. The first-order chi connectivity index (χ1) is 6.83. The third-order valence-electron chi connectivity index (χ3n) is 2.58. The third-order valence-corrected chi connectivity index (χ3v) is 2.58. The lowest BCUT2D eigenvalue weighted by atomic mass is 9.94. The molecule has 0 aromatic heterocycles.